The molecule has 0 spiro atoms. The van der Waals surface area contributed by atoms with E-state index in [9.17, 15) is 9.59 Å². The number of urea groups is 1. The Balaban J connectivity index is 1.42. The molecule has 3 aliphatic heterocycles. The molecule has 3 heterocycles. The first-order chi connectivity index (χ1) is 12.2. The van der Waals surface area contributed by atoms with E-state index >= 15 is 0 Å². The van der Waals surface area contributed by atoms with Crippen LogP contribution in [0.1, 0.15) is 44.9 Å². The molecule has 0 saturated carbocycles. The Morgan fingerprint density at radius 3 is 2.08 bits per heavy atom. The van der Waals surface area contributed by atoms with Crippen molar-refractivity contribution in [3.8, 4) is 0 Å². The first kappa shape index (κ1) is 18.5. The van der Waals surface area contributed by atoms with Gasteiger partial charge in [0.25, 0.3) is 0 Å². The molecule has 1 N–H and O–H groups in total. The van der Waals surface area contributed by atoms with Crippen LogP contribution < -0.4 is 5.32 Å². The van der Waals surface area contributed by atoms with Crippen LogP contribution >= 0.6 is 0 Å². The lowest BCUT2D eigenvalue weighted by atomic mass is 9.84. The Morgan fingerprint density at radius 1 is 0.840 bits per heavy atom. The van der Waals surface area contributed by atoms with E-state index in [1.807, 2.05) is 4.90 Å². The first-order valence-electron chi connectivity index (χ1n) is 10.1. The number of hydrogen-bond donors (Lipinski definition) is 1. The Morgan fingerprint density at radius 2 is 1.44 bits per heavy atom. The summed E-state index contributed by atoms with van der Waals surface area (Å²) in [4.78, 5) is 30.7. The molecule has 0 aromatic heterocycles. The summed E-state index contributed by atoms with van der Waals surface area (Å²) in [6.45, 7) is 6.33. The van der Waals surface area contributed by atoms with Crippen molar-refractivity contribution in [1.29, 1.82) is 0 Å². The minimum absolute atomic E-state index is 0.0409. The number of hydrogen-bond acceptors (Lipinski definition) is 3. The molecule has 3 rings (SSSR count). The Hall–Kier alpha value is -1.30. The minimum atomic E-state index is 0.0409. The van der Waals surface area contributed by atoms with Crippen LogP contribution in [0.3, 0.4) is 0 Å². The average molecular weight is 351 g/mol. The molecule has 1 atom stereocenters. The minimum Gasteiger partial charge on any atom is -0.341 e. The van der Waals surface area contributed by atoms with E-state index in [0.717, 1.165) is 58.5 Å². The van der Waals surface area contributed by atoms with Gasteiger partial charge in [-0.1, -0.05) is 12.8 Å². The molecular weight excluding hydrogens is 316 g/mol. The van der Waals surface area contributed by atoms with Crippen molar-refractivity contribution in [2.75, 3.05) is 52.9 Å². The normalized spacial score (nSPS) is 26.5. The lowest BCUT2D eigenvalue weighted by Gasteiger charge is -2.34. The van der Waals surface area contributed by atoms with Gasteiger partial charge in [0.05, 0.1) is 6.54 Å². The molecule has 25 heavy (non-hydrogen) atoms. The van der Waals surface area contributed by atoms with Crippen LogP contribution in [0.25, 0.3) is 0 Å². The van der Waals surface area contributed by atoms with Gasteiger partial charge in [-0.2, -0.15) is 0 Å². The largest absolute Gasteiger partial charge is 0.341 e. The molecule has 142 valence electrons. The van der Waals surface area contributed by atoms with Gasteiger partial charge in [-0.15, -0.1) is 0 Å². The molecular formula is C19H34N4O2. The third kappa shape index (κ3) is 4.87. The number of amides is 3. The monoisotopic (exact) mass is 350 g/mol. The van der Waals surface area contributed by atoms with Gasteiger partial charge in [0.15, 0.2) is 0 Å². The lowest BCUT2D eigenvalue weighted by molar-refractivity contribution is -0.131. The van der Waals surface area contributed by atoms with Crippen molar-refractivity contribution in [3.05, 3.63) is 0 Å². The summed E-state index contributed by atoms with van der Waals surface area (Å²) in [5.41, 5.74) is 0. The van der Waals surface area contributed by atoms with Gasteiger partial charge in [0.1, 0.15) is 0 Å². The summed E-state index contributed by atoms with van der Waals surface area (Å²) >= 11 is 0. The van der Waals surface area contributed by atoms with Gasteiger partial charge in [-0.05, 0) is 57.0 Å². The summed E-state index contributed by atoms with van der Waals surface area (Å²) in [5, 5.41) is 2.71. The summed E-state index contributed by atoms with van der Waals surface area (Å²) in [6, 6.07) is 0.0409. The van der Waals surface area contributed by atoms with Crippen LogP contribution in [0.2, 0.25) is 0 Å². The third-order valence-corrected chi connectivity index (χ3v) is 6.34. The molecule has 6 heteroatoms. The Labute approximate surface area is 151 Å². The predicted molar refractivity (Wildman–Crippen MR) is 98.3 cm³/mol. The SMILES string of the molecule is CNC(=O)N1CCC(C2CCN(C(=O)CN3CCCCCC3)C2)CC1. The van der Waals surface area contributed by atoms with Crippen LogP contribution in [0.15, 0.2) is 0 Å². The third-order valence-electron chi connectivity index (χ3n) is 6.34. The van der Waals surface area contributed by atoms with E-state index in [0.29, 0.717) is 24.3 Å². The lowest BCUT2D eigenvalue weighted by Crippen LogP contribution is -2.44. The number of carbonyl (C=O) groups is 2. The number of carbonyl (C=O) groups excluding carboxylic acids is 2. The van der Waals surface area contributed by atoms with E-state index in [1.54, 1.807) is 7.05 Å². The van der Waals surface area contributed by atoms with Gasteiger partial charge < -0.3 is 15.1 Å². The smallest absolute Gasteiger partial charge is 0.317 e. The van der Waals surface area contributed by atoms with Gasteiger partial charge in [-0.3, -0.25) is 9.69 Å². The van der Waals surface area contributed by atoms with Gasteiger partial charge in [0, 0.05) is 33.2 Å². The summed E-state index contributed by atoms with van der Waals surface area (Å²) in [6.07, 6.45) is 8.38. The average Bonchev–Trinajstić information content (AvgIpc) is 3.00. The topological polar surface area (TPSA) is 55.9 Å². The van der Waals surface area contributed by atoms with E-state index in [1.165, 1.54) is 25.7 Å². The molecule has 3 aliphatic rings. The summed E-state index contributed by atoms with van der Waals surface area (Å²) < 4.78 is 0. The van der Waals surface area contributed by atoms with E-state index in [-0.39, 0.29) is 6.03 Å². The van der Waals surface area contributed by atoms with E-state index < -0.39 is 0 Å². The molecule has 3 saturated heterocycles. The fraction of sp³-hybridized carbons (Fsp3) is 0.895. The second kappa shape index (κ2) is 8.88. The quantitative estimate of drug-likeness (QED) is 0.844. The summed E-state index contributed by atoms with van der Waals surface area (Å²) in [5.74, 6) is 1.61. The zero-order chi connectivity index (χ0) is 17.6. The van der Waals surface area contributed by atoms with Crippen molar-refractivity contribution < 1.29 is 9.59 Å². The fourth-order valence-corrected chi connectivity index (χ4v) is 4.72. The van der Waals surface area contributed by atoms with Crippen molar-refractivity contribution >= 4 is 11.9 Å². The van der Waals surface area contributed by atoms with Crippen LogP contribution in [0.4, 0.5) is 4.79 Å². The maximum Gasteiger partial charge on any atom is 0.317 e. The molecule has 3 fully saturated rings. The Kier molecular flexibility index (Phi) is 6.57. The van der Waals surface area contributed by atoms with Crippen LogP contribution in [0.5, 0.6) is 0 Å². The second-order valence-electron chi connectivity index (χ2n) is 7.96. The maximum absolute atomic E-state index is 12.7. The maximum atomic E-state index is 12.7. The van der Waals surface area contributed by atoms with Crippen LogP contribution in [-0.4, -0.2) is 79.5 Å². The zero-order valence-corrected chi connectivity index (χ0v) is 15.7. The van der Waals surface area contributed by atoms with Crippen molar-refractivity contribution in [2.45, 2.75) is 44.9 Å². The van der Waals surface area contributed by atoms with Crippen molar-refractivity contribution in [1.82, 2.24) is 20.0 Å². The number of nitrogens with one attached hydrogen (secondary N) is 1. The first-order valence-corrected chi connectivity index (χ1v) is 10.1. The van der Waals surface area contributed by atoms with Crippen LogP contribution in [0, 0.1) is 11.8 Å². The highest BCUT2D eigenvalue weighted by atomic mass is 16.2. The van der Waals surface area contributed by atoms with Crippen molar-refractivity contribution in [3.63, 3.8) is 0 Å². The zero-order valence-electron chi connectivity index (χ0n) is 15.7. The number of likely N-dealkylation sites (tertiary alicyclic amines) is 3. The second-order valence-corrected chi connectivity index (χ2v) is 7.96. The molecule has 0 bridgehead atoms. The van der Waals surface area contributed by atoms with Gasteiger partial charge in [0.2, 0.25) is 5.91 Å². The number of rotatable bonds is 3. The Bertz CT molecular complexity index is 454. The fourth-order valence-electron chi connectivity index (χ4n) is 4.72. The molecule has 6 nitrogen and oxygen atoms in total. The van der Waals surface area contributed by atoms with E-state index in [4.69, 9.17) is 0 Å². The predicted octanol–water partition coefficient (Wildman–Crippen LogP) is 1.76. The van der Waals surface area contributed by atoms with Gasteiger partial charge >= 0.3 is 6.03 Å². The van der Waals surface area contributed by atoms with Crippen molar-refractivity contribution in [2.24, 2.45) is 11.8 Å². The van der Waals surface area contributed by atoms with Crippen LogP contribution in [-0.2, 0) is 4.79 Å². The molecule has 3 amide bonds. The van der Waals surface area contributed by atoms with E-state index in [2.05, 4.69) is 15.1 Å². The van der Waals surface area contributed by atoms with Gasteiger partial charge in [-0.25, -0.2) is 4.79 Å². The molecule has 1 unspecified atom stereocenters. The standard InChI is InChI=1S/C19H34N4O2/c1-20-19(25)22-11-6-16(7-12-22)17-8-13-23(14-17)18(24)15-21-9-4-2-3-5-10-21/h16-17H,2-15H2,1H3,(H,20,25). The molecule has 0 radical (unpaired) electrons. The number of nitrogens with zero attached hydrogens (tertiary/aromatic N) is 3. The highest BCUT2D eigenvalue weighted by Crippen LogP contribution is 2.32. The summed E-state index contributed by atoms with van der Waals surface area (Å²) in [7, 11) is 1.69. The highest BCUT2D eigenvalue weighted by Gasteiger charge is 2.34. The highest BCUT2D eigenvalue weighted by molar-refractivity contribution is 5.78. The number of piperidine rings is 1. The molecule has 0 aromatic rings. The molecule has 0 aliphatic carbocycles. The molecule has 0 aromatic carbocycles.